The van der Waals surface area contributed by atoms with Crippen LogP contribution in [0.25, 0.3) is 21.8 Å². The number of hydrogen-bond acceptors (Lipinski definition) is 0. The Kier molecular flexibility index (Phi) is 4.85. The highest BCUT2D eigenvalue weighted by atomic mass is 15.0. The van der Waals surface area contributed by atoms with Gasteiger partial charge in [-0.05, 0) is 68.2 Å². The highest BCUT2D eigenvalue weighted by molar-refractivity contribution is 5.90. The van der Waals surface area contributed by atoms with Crippen LogP contribution in [0.2, 0.25) is 0 Å². The molecule has 5 rings (SSSR count). The third kappa shape index (κ3) is 2.77. The van der Waals surface area contributed by atoms with Crippen molar-refractivity contribution in [2.24, 2.45) is 11.3 Å². The standard InChI is InChI=1S/C30H38N2/c1-18(2)27-26-22-14-10-12-16-25(22)32(20(5)6)29(26)28(30(27,7)8)23-17-31(19(3)4)24-15-11-9-13-21(23)24/h9-20,27-28H,1-8H3/t27-,28-/m1/s1. The van der Waals surface area contributed by atoms with Crippen LogP contribution in [0.4, 0.5) is 0 Å². The van der Waals surface area contributed by atoms with Gasteiger partial charge < -0.3 is 9.13 Å². The Labute approximate surface area is 193 Å². The first-order valence-corrected chi connectivity index (χ1v) is 12.4. The smallest absolute Gasteiger partial charge is 0.0488 e. The number of aromatic nitrogens is 2. The van der Waals surface area contributed by atoms with Gasteiger partial charge in [0.1, 0.15) is 0 Å². The van der Waals surface area contributed by atoms with Gasteiger partial charge in [-0.3, -0.25) is 0 Å². The number of hydrogen-bond donors (Lipinski definition) is 0. The van der Waals surface area contributed by atoms with Gasteiger partial charge in [0.05, 0.1) is 0 Å². The minimum atomic E-state index is 0.130. The molecule has 0 fully saturated rings. The molecule has 2 nitrogen and oxygen atoms in total. The van der Waals surface area contributed by atoms with Crippen LogP contribution in [-0.4, -0.2) is 9.13 Å². The predicted octanol–water partition coefficient (Wildman–Crippen LogP) is 8.67. The third-order valence-corrected chi connectivity index (χ3v) is 7.94. The van der Waals surface area contributed by atoms with E-state index in [9.17, 15) is 0 Å². The lowest BCUT2D eigenvalue weighted by Gasteiger charge is -2.37. The van der Waals surface area contributed by atoms with Crippen molar-refractivity contribution in [1.29, 1.82) is 0 Å². The Balaban J connectivity index is 1.92. The van der Waals surface area contributed by atoms with Crippen LogP contribution in [0.3, 0.4) is 0 Å². The summed E-state index contributed by atoms with van der Waals surface area (Å²) < 4.78 is 5.13. The van der Waals surface area contributed by atoms with E-state index in [0.29, 0.717) is 29.8 Å². The molecule has 32 heavy (non-hydrogen) atoms. The van der Waals surface area contributed by atoms with Gasteiger partial charge in [-0.25, -0.2) is 0 Å². The van der Waals surface area contributed by atoms with Gasteiger partial charge >= 0.3 is 0 Å². The van der Waals surface area contributed by atoms with E-state index < -0.39 is 0 Å². The number of rotatable bonds is 4. The van der Waals surface area contributed by atoms with Crippen molar-refractivity contribution in [2.45, 2.75) is 79.3 Å². The monoisotopic (exact) mass is 426 g/mol. The lowest BCUT2D eigenvalue weighted by Crippen LogP contribution is -2.27. The number of para-hydroxylation sites is 2. The Morgan fingerprint density at radius 1 is 0.750 bits per heavy atom. The molecule has 2 aromatic heterocycles. The number of nitrogens with zero attached hydrogens (tertiary/aromatic N) is 2. The summed E-state index contributed by atoms with van der Waals surface area (Å²) >= 11 is 0. The molecule has 2 heterocycles. The molecule has 2 heteroatoms. The Morgan fingerprint density at radius 3 is 1.94 bits per heavy atom. The quantitative estimate of drug-likeness (QED) is 0.309. The van der Waals surface area contributed by atoms with Crippen molar-refractivity contribution in [3.63, 3.8) is 0 Å². The summed E-state index contributed by atoms with van der Waals surface area (Å²) in [4.78, 5) is 0. The number of benzene rings is 2. The lowest BCUT2D eigenvalue weighted by molar-refractivity contribution is 0.229. The van der Waals surface area contributed by atoms with Gasteiger partial charge in [0, 0.05) is 51.7 Å². The first kappa shape index (κ1) is 21.4. The SMILES string of the molecule is CC(C)[C@@H]1c2c(n(C(C)C)c3ccccc23)[C@@H](c2cn(C(C)C)c3ccccc23)C1(C)C. The average molecular weight is 427 g/mol. The topological polar surface area (TPSA) is 9.86 Å². The van der Waals surface area contributed by atoms with Gasteiger partial charge in [-0.1, -0.05) is 64.1 Å². The van der Waals surface area contributed by atoms with Crippen molar-refractivity contribution in [3.05, 3.63) is 71.5 Å². The largest absolute Gasteiger partial charge is 0.345 e. The second-order valence-electron chi connectivity index (χ2n) is 11.4. The maximum Gasteiger partial charge on any atom is 0.0488 e. The van der Waals surface area contributed by atoms with Crippen LogP contribution < -0.4 is 0 Å². The zero-order valence-electron chi connectivity index (χ0n) is 21.0. The fourth-order valence-corrected chi connectivity index (χ4v) is 7.02. The van der Waals surface area contributed by atoms with Crippen molar-refractivity contribution >= 4 is 21.8 Å². The molecular weight excluding hydrogens is 388 g/mol. The summed E-state index contributed by atoms with van der Waals surface area (Å²) in [5.41, 5.74) is 7.53. The van der Waals surface area contributed by atoms with E-state index in [1.54, 1.807) is 11.3 Å². The Morgan fingerprint density at radius 2 is 1.34 bits per heavy atom. The summed E-state index contributed by atoms with van der Waals surface area (Å²) in [6, 6.07) is 19.0. The van der Waals surface area contributed by atoms with E-state index in [0.717, 1.165) is 0 Å². The fraction of sp³-hybridized carbons (Fsp3) is 0.467. The molecule has 0 spiro atoms. The van der Waals surface area contributed by atoms with Crippen LogP contribution in [-0.2, 0) is 0 Å². The van der Waals surface area contributed by atoms with Crippen LogP contribution in [0.1, 0.15) is 96.1 Å². The molecule has 0 amide bonds. The lowest BCUT2D eigenvalue weighted by atomic mass is 9.67. The summed E-state index contributed by atoms with van der Waals surface area (Å²) in [5.74, 6) is 1.47. The molecular formula is C30H38N2. The molecule has 1 aliphatic carbocycles. The van der Waals surface area contributed by atoms with E-state index in [1.165, 1.54) is 27.4 Å². The van der Waals surface area contributed by atoms with E-state index in [4.69, 9.17) is 0 Å². The Hall–Kier alpha value is -2.48. The van der Waals surface area contributed by atoms with Crippen LogP contribution >= 0.6 is 0 Å². The Bertz CT molecular complexity index is 1300. The highest BCUT2D eigenvalue weighted by Gasteiger charge is 2.52. The molecule has 0 N–H and O–H groups in total. The molecule has 2 atom stereocenters. The molecule has 1 aliphatic rings. The fourth-order valence-electron chi connectivity index (χ4n) is 7.02. The third-order valence-electron chi connectivity index (χ3n) is 7.94. The first-order chi connectivity index (χ1) is 15.2. The minimum Gasteiger partial charge on any atom is -0.345 e. The minimum absolute atomic E-state index is 0.130. The zero-order valence-corrected chi connectivity index (χ0v) is 21.0. The van der Waals surface area contributed by atoms with Gasteiger partial charge in [-0.15, -0.1) is 0 Å². The molecule has 0 unspecified atom stereocenters. The van der Waals surface area contributed by atoms with E-state index in [-0.39, 0.29) is 5.41 Å². The molecule has 0 radical (unpaired) electrons. The average Bonchev–Trinajstić information content (AvgIpc) is 3.32. The van der Waals surface area contributed by atoms with Gasteiger partial charge in [0.15, 0.2) is 0 Å². The summed E-state index contributed by atoms with van der Waals surface area (Å²) in [5, 5.41) is 2.87. The zero-order chi connectivity index (χ0) is 22.9. The molecule has 0 saturated carbocycles. The predicted molar refractivity (Wildman–Crippen MR) is 138 cm³/mol. The van der Waals surface area contributed by atoms with Crippen molar-refractivity contribution in [3.8, 4) is 0 Å². The van der Waals surface area contributed by atoms with Crippen molar-refractivity contribution in [1.82, 2.24) is 9.13 Å². The van der Waals surface area contributed by atoms with E-state index in [2.05, 4.69) is 119 Å². The van der Waals surface area contributed by atoms with Gasteiger partial charge in [-0.2, -0.15) is 0 Å². The summed E-state index contributed by atoms with van der Waals surface area (Å²) in [6.45, 7) is 19.1. The van der Waals surface area contributed by atoms with Crippen LogP contribution in [0.5, 0.6) is 0 Å². The molecule has 0 aliphatic heterocycles. The second-order valence-corrected chi connectivity index (χ2v) is 11.4. The summed E-state index contributed by atoms with van der Waals surface area (Å²) in [6.07, 6.45) is 2.47. The van der Waals surface area contributed by atoms with Gasteiger partial charge in [0.2, 0.25) is 0 Å². The van der Waals surface area contributed by atoms with E-state index >= 15 is 0 Å². The van der Waals surface area contributed by atoms with Gasteiger partial charge in [0.25, 0.3) is 0 Å². The van der Waals surface area contributed by atoms with Crippen molar-refractivity contribution < 1.29 is 0 Å². The van der Waals surface area contributed by atoms with Crippen LogP contribution in [0, 0.1) is 11.3 Å². The molecule has 2 aromatic carbocycles. The highest BCUT2D eigenvalue weighted by Crippen LogP contribution is 2.63. The molecule has 0 bridgehead atoms. The normalized spacial score (nSPS) is 20.3. The molecule has 168 valence electrons. The maximum atomic E-state index is 2.65. The summed E-state index contributed by atoms with van der Waals surface area (Å²) in [7, 11) is 0. The van der Waals surface area contributed by atoms with E-state index in [1.807, 2.05) is 0 Å². The maximum absolute atomic E-state index is 2.65. The first-order valence-electron chi connectivity index (χ1n) is 12.4. The number of fused-ring (bicyclic) bond motifs is 4. The molecule has 0 saturated heterocycles. The van der Waals surface area contributed by atoms with Crippen molar-refractivity contribution in [2.75, 3.05) is 0 Å². The second kappa shape index (κ2) is 7.27. The molecule has 4 aromatic rings. The van der Waals surface area contributed by atoms with Crippen LogP contribution in [0.15, 0.2) is 54.7 Å².